The molecule has 21 heavy (non-hydrogen) atoms. The summed E-state index contributed by atoms with van der Waals surface area (Å²) < 4.78 is 5.77. The SMILES string of the molecule is CCC(C)NCc1cnc(CCOc2cccc(C)c2)s1. The van der Waals surface area contributed by atoms with Crippen LogP contribution in [0.3, 0.4) is 0 Å². The van der Waals surface area contributed by atoms with Gasteiger partial charge in [-0.05, 0) is 38.0 Å². The molecule has 114 valence electrons. The largest absolute Gasteiger partial charge is 0.493 e. The average molecular weight is 304 g/mol. The highest BCUT2D eigenvalue weighted by atomic mass is 32.1. The lowest BCUT2D eigenvalue weighted by molar-refractivity contribution is 0.321. The molecular formula is C17H24N2OS. The fourth-order valence-corrected chi connectivity index (χ4v) is 2.78. The van der Waals surface area contributed by atoms with Gasteiger partial charge in [-0.2, -0.15) is 0 Å². The molecule has 2 rings (SSSR count). The molecule has 1 aromatic carbocycles. The Morgan fingerprint density at radius 3 is 3.00 bits per heavy atom. The summed E-state index contributed by atoms with van der Waals surface area (Å²) in [5.74, 6) is 0.935. The van der Waals surface area contributed by atoms with E-state index < -0.39 is 0 Å². The summed E-state index contributed by atoms with van der Waals surface area (Å²) >= 11 is 1.77. The highest BCUT2D eigenvalue weighted by molar-refractivity contribution is 7.11. The fourth-order valence-electron chi connectivity index (χ4n) is 1.93. The van der Waals surface area contributed by atoms with Gasteiger partial charge in [0.05, 0.1) is 11.6 Å². The number of hydrogen-bond acceptors (Lipinski definition) is 4. The standard InChI is InChI=1S/C17H24N2OS/c1-4-14(3)18-11-16-12-19-17(21-16)8-9-20-15-7-5-6-13(2)10-15/h5-7,10,12,14,18H,4,8-9,11H2,1-3H3. The lowest BCUT2D eigenvalue weighted by Gasteiger charge is -2.08. The van der Waals surface area contributed by atoms with Crippen LogP contribution in [0.1, 0.15) is 35.7 Å². The van der Waals surface area contributed by atoms with Crippen molar-refractivity contribution in [1.29, 1.82) is 0 Å². The van der Waals surface area contributed by atoms with E-state index in [4.69, 9.17) is 4.74 Å². The predicted molar refractivity (Wildman–Crippen MR) is 89.1 cm³/mol. The first kappa shape index (κ1) is 16.0. The highest BCUT2D eigenvalue weighted by Gasteiger charge is 2.04. The molecular weight excluding hydrogens is 280 g/mol. The Kier molecular flexibility index (Phi) is 6.21. The van der Waals surface area contributed by atoms with Crippen molar-refractivity contribution in [3.8, 4) is 5.75 Å². The maximum atomic E-state index is 5.77. The summed E-state index contributed by atoms with van der Waals surface area (Å²) in [6.45, 7) is 8.06. The molecule has 0 aliphatic rings. The fraction of sp³-hybridized carbons (Fsp3) is 0.471. The Morgan fingerprint density at radius 2 is 2.24 bits per heavy atom. The molecule has 1 N–H and O–H groups in total. The van der Waals surface area contributed by atoms with Gasteiger partial charge in [-0.1, -0.05) is 19.1 Å². The van der Waals surface area contributed by atoms with Gasteiger partial charge < -0.3 is 10.1 Å². The lowest BCUT2D eigenvalue weighted by Crippen LogP contribution is -2.23. The number of rotatable bonds is 8. The first-order valence-electron chi connectivity index (χ1n) is 7.53. The molecule has 1 unspecified atom stereocenters. The third kappa shape index (κ3) is 5.48. The molecule has 0 amide bonds. The Bertz CT molecular complexity index is 553. The van der Waals surface area contributed by atoms with Crippen LogP contribution in [-0.4, -0.2) is 17.6 Å². The number of hydrogen-bond donors (Lipinski definition) is 1. The molecule has 0 bridgehead atoms. The molecule has 2 aromatic rings. The summed E-state index contributed by atoms with van der Waals surface area (Å²) in [6, 6.07) is 8.71. The second kappa shape index (κ2) is 8.15. The average Bonchev–Trinajstić information content (AvgIpc) is 2.93. The minimum atomic E-state index is 0.556. The zero-order valence-electron chi connectivity index (χ0n) is 13.1. The van der Waals surface area contributed by atoms with Gasteiger partial charge in [0.15, 0.2) is 0 Å². The van der Waals surface area contributed by atoms with E-state index in [0.717, 1.165) is 30.1 Å². The van der Waals surface area contributed by atoms with Crippen LogP contribution in [0.5, 0.6) is 5.75 Å². The number of aryl methyl sites for hydroxylation is 1. The molecule has 0 aliphatic heterocycles. The third-order valence-electron chi connectivity index (χ3n) is 3.41. The van der Waals surface area contributed by atoms with Crippen LogP contribution in [0.2, 0.25) is 0 Å². The predicted octanol–water partition coefficient (Wildman–Crippen LogP) is 3.96. The van der Waals surface area contributed by atoms with Gasteiger partial charge in [-0.25, -0.2) is 4.98 Å². The van der Waals surface area contributed by atoms with Gasteiger partial charge in [-0.15, -0.1) is 11.3 Å². The molecule has 1 heterocycles. The van der Waals surface area contributed by atoms with Crippen molar-refractivity contribution in [1.82, 2.24) is 10.3 Å². The van der Waals surface area contributed by atoms with Gasteiger partial charge in [0.25, 0.3) is 0 Å². The first-order valence-corrected chi connectivity index (χ1v) is 8.35. The number of thiazole rings is 1. The maximum Gasteiger partial charge on any atom is 0.119 e. The van der Waals surface area contributed by atoms with E-state index in [1.807, 2.05) is 18.3 Å². The van der Waals surface area contributed by atoms with E-state index >= 15 is 0 Å². The van der Waals surface area contributed by atoms with Crippen LogP contribution in [0.15, 0.2) is 30.5 Å². The smallest absolute Gasteiger partial charge is 0.119 e. The molecule has 0 saturated carbocycles. The van der Waals surface area contributed by atoms with Crippen LogP contribution >= 0.6 is 11.3 Å². The Labute approximate surface area is 131 Å². The third-order valence-corrected chi connectivity index (χ3v) is 4.47. The van der Waals surface area contributed by atoms with Crippen LogP contribution in [0, 0.1) is 6.92 Å². The molecule has 0 spiro atoms. The summed E-state index contributed by atoms with van der Waals surface area (Å²) in [7, 11) is 0. The van der Waals surface area contributed by atoms with Crippen molar-refractivity contribution in [2.24, 2.45) is 0 Å². The van der Waals surface area contributed by atoms with Crippen molar-refractivity contribution < 1.29 is 4.74 Å². The summed E-state index contributed by atoms with van der Waals surface area (Å²) in [5.41, 5.74) is 1.22. The summed E-state index contributed by atoms with van der Waals surface area (Å²) in [6.07, 6.45) is 3.99. The monoisotopic (exact) mass is 304 g/mol. The van der Waals surface area contributed by atoms with Crippen molar-refractivity contribution in [3.05, 3.63) is 45.9 Å². The van der Waals surface area contributed by atoms with Crippen molar-refractivity contribution in [2.45, 2.75) is 46.2 Å². The second-order valence-corrected chi connectivity index (χ2v) is 6.53. The van der Waals surface area contributed by atoms with Gasteiger partial charge in [0, 0.05) is 30.1 Å². The lowest BCUT2D eigenvalue weighted by atomic mass is 10.2. The number of nitrogens with zero attached hydrogens (tertiary/aromatic N) is 1. The van der Waals surface area contributed by atoms with Crippen molar-refractivity contribution in [3.63, 3.8) is 0 Å². The first-order chi connectivity index (χ1) is 10.2. The van der Waals surface area contributed by atoms with Gasteiger partial charge in [-0.3, -0.25) is 0 Å². The maximum absolute atomic E-state index is 5.77. The number of aromatic nitrogens is 1. The molecule has 0 aliphatic carbocycles. The van der Waals surface area contributed by atoms with Crippen LogP contribution in [-0.2, 0) is 13.0 Å². The highest BCUT2D eigenvalue weighted by Crippen LogP contribution is 2.16. The van der Waals surface area contributed by atoms with E-state index in [-0.39, 0.29) is 0 Å². The van der Waals surface area contributed by atoms with E-state index in [0.29, 0.717) is 12.6 Å². The number of benzene rings is 1. The van der Waals surface area contributed by atoms with Gasteiger partial charge in [0.2, 0.25) is 0 Å². The molecule has 1 aromatic heterocycles. The van der Waals surface area contributed by atoms with Crippen LogP contribution < -0.4 is 10.1 Å². The second-order valence-electron chi connectivity index (χ2n) is 5.33. The Hall–Kier alpha value is -1.39. The van der Waals surface area contributed by atoms with Crippen molar-refractivity contribution in [2.75, 3.05) is 6.61 Å². The van der Waals surface area contributed by atoms with Crippen LogP contribution in [0.4, 0.5) is 0 Å². The topological polar surface area (TPSA) is 34.2 Å². The Morgan fingerprint density at radius 1 is 1.38 bits per heavy atom. The van der Waals surface area contributed by atoms with Crippen molar-refractivity contribution >= 4 is 11.3 Å². The van der Waals surface area contributed by atoms with Gasteiger partial charge >= 0.3 is 0 Å². The zero-order chi connectivity index (χ0) is 15.1. The molecule has 1 atom stereocenters. The molecule has 3 nitrogen and oxygen atoms in total. The van der Waals surface area contributed by atoms with E-state index in [1.54, 1.807) is 11.3 Å². The minimum absolute atomic E-state index is 0.556. The van der Waals surface area contributed by atoms with E-state index in [2.05, 4.69) is 43.2 Å². The summed E-state index contributed by atoms with van der Waals surface area (Å²) in [4.78, 5) is 5.76. The summed E-state index contributed by atoms with van der Waals surface area (Å²) in [5, 5.41) is 4.63. The molecule has 0 saturated heterocycles. The Balaban J connectivity index is 1.75. The van der Waals surface area contributed by atoms with Gasteiger partial charge in [0.1, 0.15) is 5.75 Å². The number of nitrogens with one attached hydrogen (secondary N) is 1. The van der Waals surface area contributed by atoms with E-state index in [1.165, 1.54) is 10.4 Å². The van der Waals surface area contributed by atoms with Crippen LogP contribution in [0.25, 0.3) is 0 Å². The minimum Gasteiger partial charge on any atom is -0.493 e. The molecule has 0 radical (unpaired) electrons. The quantitative estimate of drug-likeness (QED) is 0.801. The normalized spacial score (nSPS) is 12.3. The molecule has 0 fully saturated rings. The number of ether oxygens (including phenoxy) is 1. The van der Waals surface area contributed by atoms with E-state index in [9.17, 15) is 0 Å². The molecule has 4 heteroatoms. The zero-order valence-corrected chi connectivity index (χ0v) is 13.9.